The Morgan fingerprint density at radius 2 is 2.13 bits per heavy atom. The van der Waals surface area contributed by atoms with Crippen molar-refractivity contribution in [2.45, 2.75) is 6.04 Å². The predicted molar refractivity (Wildman–Crippen MR) is 55.1 cm³/mol. The molecule has 0 saturated carbocycles. The fourth-order valence-corrected chi connectivity index (χ4v) is 1.96. The minimum Gasteiger partial charge on any atom is -0.385 e. The molecule has 0 aromatic carbocycles. The molecule has 0 radical (unpaired) electrons. The van der Waals surface area contributed by atoms with Crippen molar-refractivity contribution in [3.63, 3.8) is 0 Å². The SMILES string of the molecule is NC1=C2C=CC3NC=CC3=C2NC(=O)N1. The number of hydrogen-bond donors (Lipinski definition) is 4. The Morgan fingerprint density at radius 1 is 1.27 bits per heavy atom. The minimum absolute atomic E-state index is 0.148. The van der Waals surface area contributed by atoms with Crippen LogP contribution >= 0.6 is 0 Å². The van der Waals surface area contributed by atoms with Crippen molar-refractivity contribution in [1.29, 1.82) is 0 Å². The number of allylic oxidation sites excluding steroid dienone is 1. The molecular weight excluding hydrogens is 192 g/mol. The summed E-state index contributed by atoms with van der Waals surface area (Å²) in [5, 5.41) is 8.47. The van der Waals surface area contributed by atoms with Gasteiger partial charge in [0.1, 0.15) is 5.82 Å². The van der Waals surface area contributed by atoms with Crippen LogP contribution in [0.4, 0.5) is 4.79 Å². The smallest absolute Gasteiger partial charge is 0.324 e. The average Bonchev–Trinajstić information content (AvgIpc) is 2.65. The first-order valence-corrected chi connectivity index (χ1v) is 4.69. The summed E-state index contributed by atoms with van der Waals surface area (Å²) in [5.41, 5.74) is 8.43. The molecule has 1 unspecified atom stereocenters. The maximum absolute atomic E-state index is 11.3. The molecule has 1 atom stereocenters. The maximum atomic E-state index is 11.3. The van der Waals surface area contributed by atoms with Crippen LogP contribution in [0, 0.1) is 0 Å². The van der Waals surface area contributed by atoms with E-state index in [1.165, 1.54) is 0 Å². The highest BCUT2D eigenvalue weighted by Gasteiger charge is 2.28. The summed E-state index contributed by atoms with van der Waals surface area (Å²) in [4.78, 5) is 11.3. The lowest BCUT2D eigenvalue weighted by molar-refractivity contribution is 0.244. The van der Waals surface area contributed by atoms with Gasteiger partial charge in [0.15, 0.2) is 0 Å². The van der Waals surface area contributed by atoms with Crippen molar-refractivity contribution in [3.05, 3.63) is 47.1 Å². The summed E-state index contributed by atoms with van der Waals surface area (Å²) in [6.45, 7) is 0. The molecule has 0 saturated heterocycles. The first-order valence-electron chi connectivity index (χ1n) is 4.69. The molecule has 5 N–H and O–H groups in total. The van der Waals surface area contributed by atoms with E-state index in [1.807, 2.05) is 24.4 Å². The summed E-state index contributed by atoms with van der Waals surface area (Å²) in [6, 6.07) is -0.136. The molecule has 0 spiro atoms. The van der Waals surface area contributed by atoms with Crippen molar-refractivity contribution in [2.24, 2.45) is 5.73 Å². The summed E-state index contributed by atoms with van der Waals surface area (Å²) in [5.74, 6) is 0.399. The highest BCUT2D eigenvalue weighted by atomic mass is 16.2. The third-order valence-corrected chi connectivity index (χ3v) is 2.66. The van der Waals surface area contributed by atoms with Gasteiger partial charge in [-0.3, -0.25) is 5.32 Å². The van der Waals surface area contributed by atoms with Crippen molar-refractivity contribution in [3.8, 4) is 0 Å². The van der Waals surface area contributed by atoms with Crippen LogP contribution in [0.25, 0.3) is 0 Å². The van der Waals surface area contributed by atoms with E-state index >= 15 is 0 Å². The largest absolute Gasteiger partial charge is 0.385 e. The quantitative estimate of drug-likeness (QED) is 0.438. The predicted octanol–water partition coefficient (Wildman–Crippen LogP) is -0.221. The lowest BCUT2D eigenvalue weighted by Gasteiger charge is -2.26. The fraction of sp³-hybridized carbons (Fsp3) is 0.100. The topological polar surface area (TPSA) is 79.2 Å². The van der Waals surface area contributed by atoms with Gasteiger partial charge in [-0.15, -0.1) is 0 Å². The van der Waals surface area contributed by atoms with Gasteiger partial charge in [-0.2, -0.15) is 0 Å². The van der Waals surface area contributed by atoms with Gasteiger partial charge in [-0.1, -0.05) is 12.2 Å². The molecule has 0 aromatic rings. The van der Waals surface area contributed by atoms with Crippen molar-refractivity contribution < 1.29 is 4.79 Å². The van der Waals surface area contributed by atoms with Crippen LogP contribution in [0.2, 0.25) is 0 Å². The second kappa shape index (κ2) is 2.66. The molecule has 76 valence electrons. The maximum Gasteiger partial charge on any atom is 0.324 e. The fourth-order valence-electron chi connectivity index (χ4n) is 1.96. The van der Waals surface area contributed by atoms with E-state index in [1.54, 1.807) is 0 Å². The molecule has 3 rings (SSSR count). The molecule has 2 aliphatic heterocycles. The number of nitrogens with two attached hydrogens (primary N) is 1. The van der Waals surface area contributed by atoms with E-state index in [9.17, 15) is 4.79 Å². The standard InChI is InChI=1S/C10H10N4O/c11-9-6-1-2-7-5(3-4-12-7)8(6)13-10(15)14-9/h1-4,7,12H,11H2,(H2,13,14,15). The van der Waals surface area contributed by atoms with Crippen molar-refractivity contribution in [2.75, 3.05) is 0 Å². The molecular formula is C10H10N4O. The molecule has 3 aliphatic rings. The second-order valence-corrected chi connectivity index (χ2v) is 3.57. The molecule has 2 amide bonds. The lowest BCUT2D eigenvalue weighted by atomic mass is 9.94. The number of fused-ring (bicyclic) bond motifs is 2. The summed E-state index contributed by atoms with van der Waals surface area (Å²) < 4.78 is 0. The average molecular weight is 202 g/mol. The first kappa shape index (κ1) is 8.16. The van der Waals surface area contributed by atoms with Crippen LogP contribution in [-0.2, 0) is 0 Å². The van der Waals surface area contributed by atoms with Crippen molar-refractivity contribution >= 4 is 6.03 Å². The third kappa shape index (κ3) is 1.06. The number of carbonyl (C=O) groups is 1. The van der Waals surface area contributed by atoms with Crippen LogP contribution in [0.15, 0.2) is 47.1 Å². The van der Waals surface area contributed by atoms with Crippen LogP contribution in [0.1, 0.15) is 0 Å². The molecule has 1 aliphatic carbocycles. The van der Waals surface area contributed by atoms with Gasteiger partial charge >= 0.3 is 6.03 Å². The first-order chi connectivity index (χ1) is 7.25. The Balaban J connectivity index is 2.19. The van der Waals surface area contributed by atoms with Crippen molar-refractivity contribution in [1.82, 2.24) is 16.0 Å². The number of carbonyl (C=O) groups excluding carboxylic acids is 1. The van der Waals surface area contributed by atoms with E-state index in [0.717, 1.165) is 16.8 Å². The molecule has 5 heteroatoms. The Labute approximate surface area is 86.4 Å². The normalized spacial score (nSPS) is 26.9. The van der Waals surface area contributed by atoms with E-state index < -0.39 is 0 Å². The Hall–Kier alpha value is -2.17. The number of nitrogens with one attached hydrogen (secondary N) is 3. The van der Waals surface area contributed by atoms with Gasteiger partial charge in [-0.25, -0.2) is 4.79 Å². The van der Waals surface area contributed by atoms with Gasteiger partial charge in [0, 0.05) is 11.1 Å². The zero-order valence-electron chi connectivity index (χ0n) is 7.87. The molecule has 5 nitrogen and oxygen atoms in total. The van der Waals surface area contributed by atoms with Gasteiger partial charge in [0.25, 0.3) is 0 Å². The Morgan fingerprint density at radius 3 is 3.00 bits per heavy atom. The van der Waals surface area contributed by atoms with E-state index in [4.69, 9.17) is 5.73 Å². The molecule has 0 aromatic heterocycles. The van der Waals surface area contributed by atoms with Gasteiger partial charge in [0.2, 0.25) is 0 Å². The van der Waals surface area contributed by atoms with Crippen LogP contribution in [-0.4, -0.2) is 12.1 Å². The van der Waals surface area contributed by atoms with Gasteiger partial charge in [-0.05, 0) is 12.3 Å². The zero-order valence-corrected chi connectivity index (χ0v) is 7.87. The Bertz CT molecular complexity index is 470. The lowest BCUT2D eigenvalue weighted by Crippen LogP contribution is -2.44. The van der Waals surface area contributed by atoms with E-state index in [0.29, 0.717) is 5.82 Å². The molecule has 2 heterocycles. The van der Waals surface area contributed by atoms with Gasteiger partial charge in [0.05, 0.1) is 11.7 Å². The second-order valence-electron chi connectivity index (χ2n) is 3.57. The number of amides is 2. The molecule has 0 bridgehead atoms. The summed E-state index contributed by atoms with van der Waals surface area (Å²) in [6.07, 6.45) is 7.73. The van der Waals surface area contributed by atoms with Crippen LogP contribution in [0.5, 0.6) is 0 Å². The number of urea groups is 1. The molecule has 15 heavy (non-hydrogen) atoms. The minimum atomic E-state index is -0.284. The third-order valence-electron chi connectivity index (χ3n) is 2.66. The van der Waals surface area contributed by atoms with Gasteiger partial charge < -0.3 is 16.4 Å². The van der Waals surface area contributed by atoms with E-state index in [2.05, 4.69) is 16.0 Å². The Kier molecular flexibility index (Phi) is 1.45. The molecule has 0 fully saturated rings. The van der Waals surface area contributed by atoms with Crippen LogP contribution in [0.3, 0.4) is 0 Å². The van der Waals surface area contributed by atoms with Crippen LogP contribution < -0.4 is 21.7 Å². The highest BCUT2D eigenvalue weighted by molar-refractivity contribution is 5.83. The number of rotatable bonds is 0. The number of hydrogen-bond acceptors (Lipinski definition) is 3. The monoisotopic (exact) mass is 202 g/mol. The summed E-state index contributed by atoms with van der Waals surface area (Å²) in [7, 11) is 0. The van der Waals surface area contributed by atoms with E-state index in [-0.39, 0.29) is 12.1 Å². The highest BCUT2D eigenvalue weighted by Crippen LogP contribution is 2.28. The zero-order chi connectivity index (χ0) is 10.4. The summed E-state index contributed by atoms with van der Waals surface area (Å²) >= 11 is 0.